The predicted molar refractivity (Wildman–Crippen MR) is 156 cm³/mol. The molecule has 200 valence electrons. The Balaban J connectivity index is 0.000000695. The minimum Gasteiger partial charge on any atom is -0.388 e. The van der Waals surface area contributed by atoms with E-state index in [4.69, 9.17) is 10.2 Å². The van der Waals surface area contributed by atoms with Gasteiger partial charge in [0, 0.05) is 22.5 Å². The SMILES string of the molecule is CC(C)c1nc2c(c(C3=CCCC3)c1C(O)c1ccc(CC#N)cc1)C(O)CC(C)(C)C2.CSC(C)C. The third-order valence-electron chi connectivity index (χ3n) is 7.34. The quantitative estimate of drug-likeness (QED) is 0.408. The maximum Gasteiger partial charge on any atom is 0.106 e. The summed E-state index contributed by atoms with van der Waals surface area (Å²) in [7, 11) is 0. The molecule has 0 amide bonds. The first kappa shape index (κ1) is 29.4. The van der Waals surface area contributed by atoms with Gasteiger partial charge in [0.15, 0.2) is 0 Å². The fourth-order valence-corrected chi connectivity index (χ4v) is 5.36. The van der Waals surface area contributed by atoms with E-state index in [0.29, 0.717) is 12.8 Å². The van der Waals surface area contributed by atoms with Crippen molar-refractivity contribution in [1.82, 2.24) is 4.98 Å². The van der Waals surface area contributed by atoms with Gasteiger partial charge in [0.1, 0.15) is 6.10 Å². The molecule has 1 heterocycles. The smallest absolute Gasteiger partial charge is 0.106 e. The van der Waals surface area contributed by atoms with Crippen molar-refractivity contribution < 1.29 is 10.2 Å². The Morgan fingerprint density at radius 3 is 2.32 bits per heavy atom. The van der Waals surface area contributed by atoms with Crippen molar-refractivity contribution >= 4 is 17.3 Å². The normalized spacial score (nSPS) is 19.1. The number of benzene rings is 1. The van der Waals surface area contributed by atoms with E-state index in [-0.39, 0.29) is 11.3 Å². The first-order chi connectivity index (χ1) is 17.5. The Kier molecular flexibility index (Phi) is 10.0. The first-order valence-corrected chi connectivity index (χ1v) is 14.9. The summed E-state index contributed by atoms with van der Waals surface area (Å²) in [6.45, 7) is 13.0. The minimum atomic E-state index is -0.833. The Bertz CT molecular complexity index is 1140. The van der Waals surface area contributed by atoms with Crippen molar-refractivity contribution in [3.8, 4) is 6.07 Å². The number of rotatable bonds is 6. The molecule has 0 bridgehead atoms. The van der Waals surface area contributed by atoms with E-state index in [1.807, 2.05) is 36.0 Å². The molecule has 1 aromatic heterocycles. The van der Waals surface area contributed by atoms with Crippen LogP contribution in [0.25, 0.3) is 5.57 Å². The largest absolute Gasteiger partial charge is 0.388 e. The van der Waals surface area contributed by atoms with Gasteiger partial charge in [0.25, 0.3) is 0 Å². The van der Waals surface area contributed by atoms with E-state index in [1.54, 1.807) is 0 Å². The van der Waals surface area contributed by atoms with Gasteiger partial charge >= 0.3 is 0 Å². The zero-order valence-electron chi connectivity index (χ0n) is 23.6. The number of allylic oxidation sites excluding steroid dienone is 2. The number of hydrogen-bond donors (Lipinski definition) is 2. The van der Waals surface area contributed by atoms with Gasteiger partial charge in [-0.05, 0) is 77.2 Å². The number of hydrogen-bond acceptors (Lipinski definition) is 5. The van der Waals surface area contributed by atoms with Crippen molar-refractivity contribution in [2.75, 3.05) is 6.26 Å². The van der Waals surface area contributed by atoms with Crippen molar-refractivity contribution in [1.29, 1.82) is 5.26 Å². The lowest BCUT2D eigenvalue weighted by molar-refractivity contribution is 0.0972. The predicted octanol–water partition coefficient (Wildman–Crippen LogP) is 7.68. The zero-order valence-corrected chi connectivity index (χ0v) is 24.5. The van der Waals surface area contributed by atoms with Crippen LogP contribution in [-0.2, 0) is 12.8 Å². The molecule has 2 atom stereocenters. The van der Waals surface area contributed by atoms with Crippen molar-refractivity contribution in [2.45, 2.75) is 103 Å². The van der Waals surface area contributed by atoms with Gasteiger partial charge in [-0.25, -0.2) is 0 Å². The maximum absolute atomic E-state index is 11.7. The van der Waals surface area contributed by atoms with Gasteiger partial charge in [-0.3, -0.25) is 4.98 Å². The molecular formula is C32H44N2O2S. The van der Waals surface area contributed by atoms with Crippen LogP contribution in [0, 0.1) is 16.7 Å². The van der Waals surface area contributed by atoms with Gasteiger partial charge in [-0.1, -0.05) is 71.9 Å². The summed E-state index contributed by atoms with van der Waals surface area (Å²) < 4.78 is 0. The van der Waals surface area contributed by atoms with E-state index in [9.17, 15) is 10.2 Å². The second-order valence-electron chi connectivity index (χ2n) is 11.7. The molecule has 0 fully saturated rings. The Morgan fingerprint density at radius 2 is 1.81 bits per heavy atom. The lowest BCUT2D eigenvalue weighted by atomic mass is 9.71. The molecule has 0 radical (unpaired) electrons. The monoisotopic (exact) mass is 520 g/mol. The van der Waals surface area contributed by atoms with Crippen LogP contribution in [-0.4, -0.2) is 26.7 Å². The Hall–Kier alpha value is -2.13. The van der Waals surface area contributed by atoms with E-state index in [1.165, 1.54) is 5.57 Å². The van der Waals surface area contributed by atoms with Crippen molar-refractivity contribution in [3.63, 3.8) is 0 Å². The summed E-state index contributed by atoms with van der Waals surface area (Å²) >= 11 is 1.88. The van der Waals surface area contributed by atoms with Crippen molar-refractivity contribution in [2.24, 2.45) is 5.41 Å². The van der Waals surface area contributed by atoms with Gasteiger partial charge < -0.3 is 10.2 Å². The average molecular weight is 521 g/mol. The lowest BCUT2D eigenvalue weighted by Crippen LogP contribution is -2.29. The molecule has 2 aliphatic rings. The molecule has 2 N–H and O–H groups in total. The summed E-state index contributed by atoms with van der Waals surface area (Å²) in [5.74, 6) is 0.144. The molecule has 0 spiro atoms. The van der Waals surface area contributed by atoms with E-state index in [0.717, 1.165) is 70.1 Å². The van der Waals surface area contributed by atoms with Crippen LogP contribution in [0.5, 0.6) is 0 Å². The molecule has 5 heteroatoms. The summed E-state index contributed by atoms with van der Waals surface area (Å²) in [6.07, 6.45) is 7.96. The summed E-state index contributed by atoms with van der Waals surface area (Å²) in [5, 5.41) is 32.7. The highest BCUT2D eigenvalue weighted by Gasteiger charge is 2.38. The Labute approximate surface area is 228 Å². The highest BCUT2D eigenvalue weighted by Crippen LogP contribution is 2.48. The average Bonchev–Trinajstić information content (AvgIpc) is 3.37. The first-order valence-electron chi connectivity index (χ1n) is 13.6. The highest BCUT2D eigenvalue weighted by molar-refractivity contribution is 7.99. The number of pyridine rings is 1. The van der Waals surface area contributed by atoms with E-state index >= 15 is 0 Å². The van der Waals surface area contributed by atoms with Crippen LogP contribution in [0.2, 0.25) is 0 Å². The van der Waals surface area contributed by atoms with Crippen LogP contribution in [0.15, 0.2) is 30.3 Å². The number of fused-ring (bicyclic) bond motifs is 1. The third kappa shape index (κ3) is 7.05. The molecule has 0 saturated carbocycles. The van der Waals surface area contributed by atoms with Crippen molar-refractivity contribution in [3.05, 3.63) is 69.5 Å². The second-order valence-corrected chi connectivity index (χ2v) is 13.2. The fourth-order valence-electron chi connectivity index (χ4n) is 5.36. The standard InChI is InChI=1S/C28H34N2O2.C4H10S/c1-17(2)26-25(27(32)20-11-9-18(10-12-20)13-14-29)23(19-7-5-6-8-19)24-21(30-26)15-28(3,4)16-22(24)31;1-4(2)5-3/h7,9-12,17,22,27,31-32H,5-6,8,13,15-16H2,1-4H3;4H,1-3H3. The number of aliphatic hydroxyl groups is 2. The fraction of sp³-hybridized carbons (Fsp3) is 0.562. The molecule has 4 nitrogen and oxygen atoms in total. The highest BCUT2D eigenvalue weighted by atomic mass is 32.2. The van der Waals surface area contributed by atoms with Gasteiger partial charge in [-0.2, -0.15) is 17.0 Å². The lowest BCUT2D eigenvalue weighted by Gasteiger charge is -2.37. The van der Waals surface area contributed by atoms with Crippen LogP contribution in [0.3, 0.4) is 0 Å². The second kappa shape index (κ2) is 12.6. The number of aliphatic hydroxyl groups excluding tert-OH is 2. The van der Waals surface area contributed by atoms with Crippen LogP contribution >= 0.6 is 11.8 Å². The molecule has 2 aliphatic carbocycles. The van der Waals surface area contributed by atoms with Gasteiger partial charge in [0.05, 0.1) is 18.6 Å². The maximum atomic E-state index is 11.7. The minimum absolute atomic E-state index is 0.00824. The number of aromatic nitrogens is 1. The summed E-state index contributed by atoms with van der Waals surface area (Å²) in [4.78, 5) is 5.09. The molecule has 0 saturated heterocycles. The molecular weight excluding hydrogens is 476 g/mol. The number of thioether (sulfide) groups is 1. The van der Waals surface area contributed by atoms with Crippen LogP contribution in [0.1, 0.15) is 125 Å². The Morgan fingerprint density at radius 1 is 1.16 bits per heavy atom. The molecule has 37 heavy (non-hydrogen) atoms. The van der Waals surface area contributed by atoms with Crippen LogP contribution in [0.4, 0.5) is 0 Å². The number of nitriles is 1. The van der Waals surface area contributed by atoms with Crippen LogP contribution < -0.4 is 0 Å². The van der Waals surface area contributed by atoms with Gasteiger partial charge in [0.2, 0.25) is 0 Å². The van der Waals surface area contributed by atoms with Gasteiger partial charge in [-0.15, -0.1) is 0 Å². The molecule has 4 rings (SSSR count). The van der Waals surface area contributed by atoms with E-state index < -0.39 is 12.2 Å². The third-order valence-corrected chi connectivity index (χ3v) is 8.28. The van der Waals surface area contributed by atoms with E-state index in [2.05, 4.69) is 59.9 Å². The molecule has 0 aliphatic heterocycles. The topological polar surface area (TPSA) is 77.1 Å². The zero-order chi connectivity index (χ0) is 27.3. The molecule has 2 aromatic rings. The summed E-state index contributed by atoms with van der Waals surface area (Å²) in [6, 6.07) is 9.81. The molecule has 2 unspecified atom stereocenters. The number of nitrogens with zero attached hydrogens (tertiary/aromatic N) is 2. The molecule has 1 aromatic carbocycles. The summed E-state index contributed by atoms with van der Waals surface area (Å²) in [5.41, 5.74) is 7.67.